The first kappa shape index (κ1) is 17.1. The lowest BCUT2D eigenvalue weighted by atomic mass is 10.3. The van der Waals surface area contributed by atoms with Crippen molar-refractivity contribution in [1.29, 1.82) is 0 Å². The lowest BCUT2D eigenvalue weighted by Crippen LogP contribution is -2.22. The van der Waals surface area contributed by atoms with Crippen molar-refractivity contribution in [1.82, 2.24) is 15.2 Å². The molecule has 1 aromatic heterocycles. The largest absolute Gasteiger partial charge is 0.324 e. The average molecular weight is 359 g/mol. The molecule has 0 unspecified atom stereocenters. The van der Waals surface area contributed by atoms with Gasteiger partial charge in [0.1, 0.15) is 5.82 Å². The number of aromatic nitrogens is 3. The third-order valence-corrected chi connectivity index (χ3v) is 4.35. The summed E-state index contributed by atoms with van der Waals surface area (Å²) in [7, 11) is 0. The van der Waals surface area contributed by atoms with Crippen LogP contribution >= 0.6 is 35.0 Å². The lowest BCUT2D eigenvalue weighted by Gasteiger charge is -2.11. The Hall–Kier alpha value is -1.24. The number of hydrogen-bond donors (Lipinski definition) is 2. The van der Waals surface area contributed by atoms with Gasteiger partial charge in [-0.15, -0.1) is 5.10 Å². The van der Waals surface area contributed by atoms with Gasteiger partial charge in [-0.3, -0.25) is 9.89 Å². The summed E-state index contributed by atoms with van der Waals surface area (Å²) in [5, 5.41) is 10.9. The molecule has 1 aromatic carbocycles. The molecule has 0 saturated carbocycles. The van der Waals surface area contributed by atoms with E-state index in [9.17, 15) is 4.79 Å². The quantitative estimate of drug-likeness (QED) is 0.759. The summed E-state index contributed by atoms with van der Waals surface area (Å²) in [6.45, 7) is 3.86. The molecule has 1 atom stereocenters. The predicted octanol–water partition coefficient (Wildman–Crippen LogP) is 4.18. The normalized spacial score (nSPS) is 12.2. The fourth-order valence-corrected chi connectivity index (χ4v) is 2.92. The molecule has 5 nitrogen and oxygen atoms in total. The van der Waals surface area contributed by atoms with E-state index in [1.807, 2.05) is 0 Å². The minimum absolute atomic E-state index is 0.170. The summed E-state index contributed by atoms with van der Waals surface area (Å²) >= 11 is 13.2. The van der Waals surface area contributed by atoms with E-state index >= 15 is 0 Å². The Bertz CT molecular complexity index is 662. The summed E-state index contributed by atoms with van der Waals surface area (Å²) in [4.78, 5) is 16.5. The van der Waals surface area contributed by atoms with Crippen LogP contribution in [-0.2, 0) is 11.2 Å². The summed E-state index contributed by atoms with van der Waals surface area (Å²) in [6.07, 6.45) is 1.83. The zero-order valence-corrected chi connectivity index (χ0v) is 14.5. The van der Waals surface area contributed by atoms with Crippen LogP contribution in [0.5, 0.6) is 0 Å². The number of carbonyl (C=O) groups excluding carboxylic acids is 1. The fourth-order valence-electron chi connectivity index (χ4n) is 1.72. The van der Waals surface area contributed by atoms with E-state index in [1.54, 1.807) is 25.1 Å². The molecule has 22 heavy (non-hydrogen) atoms. The van der Waals surface area contributed by atoms with E-state index in [4.69, 9.17) is 23.2 Å². The Morgan fingerprint density at radius 2 is 2.23 bits per heavy atom. The SMILES string of the molecule is CCCc1nc(S[C@@H](C)C(=O)Nc2ccc(Cl)cc2Cl)n[nH]1. The lowest BCUT2D eigenvalue weighted by molar-refractivity contribution is -0.115. The first-order valence-corrected chi connectivity index (χ1v) is 8.47. The number of halogens is 2. The van der Waals surface area contributed by atoms with Crippen molar-refractivity contribution < 1.29 is 4.79 Å². The fraction of sp³-hybridized carbons (Fsp3) is 0.357. The second kappa shape index (κ2) is 7.85. The topological polar surface area (TPSA) is 70.7 Å². The van der Waals surface area contributed by atoms with Crippen molar-refractivity contribution >= 4 is 46.6 Å². The van der Waals surface area contributed by atoms with Gasteiger partial charge < -0.3 is 5.32 Å². The Morgan fingerprint density at radius 1 is 1.45 bits per heavy atom. The summed E-state index contributed by atoms with van der Waals surface area (Å²) in [5.41, 5.74) is 0.533. The van der Waals surface area contributed by atoms with Crippen molar-refractivity contribution in [2.45, 2.75) is 37.1 Å². The van der Waals surface area contributed by atoms with Gasteiger partial charge in [0.05, 0.1) is 16.0 Å². The molecule has 2 aromatic rings. The average Bonchev–Trinajstić information content (AvgIpc) is 2.89. The van der Waals surface area contributed by atoms with Crippen molar-refractivity contribution in [3.63, 3.8) is 0 Å². The van der Waals surface area contributed by atoms with Crippen LogP contribution in [0.15, 0.2) is 23.4 Å². The Morgan fingerprint density at radius 3 is 2.91 bits per heavy atom. The molecule has 2 N–H and O–H groups in total. The second-order valence-electron chi connectivity index (χ2n) is 4.69. The van der Waals surface area contributed by atoms with Crippen LogP contribution in [0, 0.1) is 0 Å². The van der Waals surface area contributed by atoms with E-state index in [1.165, 1.54) is 11.8 Å². The van der Waals surface area contributed by atoms with Gasteiger partial charge in [-0.05, 0) is 31.5 Å². The molecule has 118 valence electrons. The van der Waals surface area contributed by atoms with Gasteiger partial charge in [0.2, 0.25) is 11.1 Å². The number of hydrogen-bond acceptors (Lipinski definition) is 4. The Kier molecular flexibility index (Phi) is 6.11. The molecule has 1 heterocycles. The van der Waals surface area contributed by atoms with Gasteiger partial charge in [-0.2, -0.15) is 0 Å². The molecule has 0 aliphatic heterocycles. The third kappa shape index (κ3) is 4.63. The molecule has 0 bridgehead atoms. The van der Waals surface area contributed by atoms with E-state index < -0.39 is 0 Å². The van der Waals surface area contributed by atoms with Gasteiger partial charge in [0, 0.05) is 11.4 Å². The van der Waals surface area contributed by atoms with Gasteiger partial charge in [0.25, 0.3) is 0 Å². The van der Waals surface area contributed by atoms with Gasteiger partial charge >= 0.3 is 0 Å². The first-order valence-electron chi connectivity index (χ1n) is 6.83. The Balaban J connectivity index is 1.96. The molecule has 2 rings (SSSR count). The number of aryl methyl sites for hydroxylation is 1. The predicted molar refractivity (Wildman–Crippen MR) is 90.8 cm³/mol. The van der Waals surface area contributed by atoms with E-state index in [-0.39, 0.29) is 11.2 Å². The number of aromatic amines is 1. The zero-order chi connectivity index (χ0) is 16.1. The van der Waals surface area contributed by atoms with E-state index in [2.05, 4.69) is 27.4 Å². The zero-order valence-electron chi connectivity index (χ0n) is 12.2. The molecule has 1 amide bonds. The highest BCUT2D eigenvalue weighted by molar-refractivity contribution is 8.00. The third-order valence-electron chi connectivity index (χ3n) is 2.84. The minimum Gasteiger partial charge on any atom is -0.324 e. The van der Waals surface area contributed by atoms with E-state index in [0.29, 0.717) is 20.9 Å². The van der Waals surface area contributed by atoms with Crippen molar-refractivity contribution in [2.24, 2.45) is 0 Å². The molecule has 8 heteroatoms. The number of H-pyrrole nitrogens is 1. The molecular weight excluding hydrogens is 343 g/mol. The van der Waals surface area contributed by atoms with Gasteiger partial charge in [0.15, 0.2) is 0 Å². The number of carbonyl (C=O) groups is 1. The van der Waals surface area contributed by atoms with Crippen molar-refractivity contribution in [2.75, 3.05) is 5.32 Å². The number of amides is 1. The molecule has 0 spiro atoms. The highest BCUT2D eigenvalue weighted by Crippen LogP contribution is 2.27. The maximum absolute atomic E-state index is 12.2. The summed E-state index contributed by atoms with van der Waals surface area (Å²) < 4.78 is 0. The monoisotopic (exact) mass is 358 g/mol. The van der Waals surface area contributed by atoms with Crippen LogP contribution < -0.4 is 5.32 Å². The molecule has 0 aliphatic rings. The number of nitrogens with one attached hydrogen (secondary N) is 2. The van der Waals surface area contributed by atoms with Crippen LogP contribution in [0.25, 0.3) is 0 Å². The number of thioether (sulfide) groups is 1. The smallest absolute Gasteiger partial charge is 0.237 e. The maximum atomic E-state index is 12.2. The minimum atomic E-state index is -0.350. The summed E-state index contributed by atoms with van der Waals surface area (Å²) in [6, 6.07) is 4.93. The van der Waals surface area contributed by atoms with Crippen LogP contribution in [-0.4, -0.2) is 26.3 Å². The number of nitrogens with zero attached hydrogens (tertiary/aromatic N) is 2. The molecule has 0 saturated heterocycles. The number of anilines is 1. The highest BCUT2D eigenvalue weighted by atomic mass is 35.5. The first-order chi connectivity index (χ1) is 10.5. The van der Waals surface area contributed by atoms with Crippen LogP contribution in [0.3, 0.4) is 0 Å². The van der Waals surface area contributed by atoms with Crippen molar-refractivity contribution in [3.05, 3.63) is 34.1 Å². The van der Waals surface area contributed by atoms with Crippen molar-refractivity contribution in [3.8, 4) is 0 Å². The maximum Gasteiger partial charge on any atom is 0.237 e. The van der Waals surface area contributed by atoms with Gasteiger partial charge in [-0.1, -0.05) is 41.9 Å². The Labute approximate surface area is 143 Å². The van der Waals surface area contributed by atoms with Crippen LogP contribution in [0.1, 0.15) is 26.1 Å². The number of benzene rings is 1. The highest BCUT2D eigenvalue weighted by Gasteiger charge is 2.18. The van der Waals surface area contributed by atoms with E-state index in [0.717, 1.165) is 18.7 Å². The van der Waals surface area contributed by atoms with Gasteiger partial charge in [-0.25, -0.2) is 4.98 Å². The second-order valence-corrected chi connectivity index (χ2v) is 6.84. The molecule has 0 radical (unpaired) electrons. The summed E-state index contributed by atoms with van der Waals surface area (Å²) in [5.74, 6) is 0.661. The number of rotatable bonds is 6. The molecule has 0 aliphatic carbocycles. The molecule has 0 fully saturated rings. The van der Waals surface area contributed by atoms with Crippen LogP contribution in [0.4, 0.5) is 5.69 Å². The molecular formula is C14H16Cl2N4OS. The standard InChI is InChI=1S/C14H16Cl2N4OS/c1-3-4-12-18-14(20-19-12)22-8(2)13(21)17-11-6-5-9(15)7-10(11)16/h5-8H,3-4H2,1-2H3,(H,17,21)(H,18,19,20)/t8-/m0/s1. The van der Waals surface area contributed by atoms with Crippen LogP contribution in [0.2, 0.25) is 10.0 Å².